The minimum atomic E-state index is 0.106. The maximum atomic E-state index is 11.6. The zero-order valence-electron chi connectivity index (χ0n) is 11.4. The number of amides is 1. The summed E-state index contributed by atoms with van der Waals surface area (Å²) in [5.41, 5.74) is 5.43. The second-order valence-electron chi connectivity index (χ2n) is 5.74. The third-order valence-electron chi connectivity index (χ3n) is 4.36. The van der Waals surface area contributed by atoms with Crippen LogP contribution in [0.15, 0.2) is 0 Å². The summed E-state index contributed by atoms with van der Waals surface area (Å²) in [6.07, 6.45) is 8.16. The van der Waals surface area contributed by atoms with Crippen LogP contribution in [0.25, 0.3) is 0 Å². The first-order chi connectivity index (χ1) is 8.79. The second-order valence-corrected chi connectivity index (χ2v) is 5.74. The van der Waals surface area contributed by atoms with Gasteiger partial charge in [-0.2, -0.15) is 0 Å². The molecule has 0 aromatic heterocycles. The lowest BCUT2D eigenvalue weighted by Gasteiger charge is -2.28. The molecule has 104 valence electrons. The van der Waals surface area contributed by atoms with E-state index >= 15 is 0 Å². The second kappa shape index (κ2) is 7.10. The zero-order valence-corrected chi connectivity index (χ0v) is 11.4. The number of nitrogens with zero attached hydrogens (tertiary/aromatic N) is 2. The summed E-state index contributed by atoms with van der Waals surface area (Å²) in [4.78, 5) is 16.1. The van der Waals surface area contributed by atoms with E-state index in [2.05, 4.69) is 4.90 Å². The van der Waals surface area contributed by atoms with Crippen LogP contribution in [0, 0.1) is 5.92 Å². The number of hydrogen-bond acceptors (Lipinski definition) is 3. The molecule has 1 saturated heterocycles. The van der Waals surface area contributed by atoms with Gasteiger partial charge in [0.1, 0.15) is 0 Å². The van der Waals surface area contributed by atoms with E-state index < -0.39 is 0 Å². The monoisotopic (exact) mass is 253 g/mol. The van der Waals surface area contributed by atoms with Gasteiger partial charge >= 0.3 is 0 Å². The summed E-state index contributed by atoms with van der Waals surface area (Å²) in [5.74, 6) is 1.00. The molecule has 2 rings (SSSR count). The van der Waals surface area contributed by atoms with Crippen molar-refractivity contribution in [2.75, 3.05) is 39.3 Å². The van der Waals surface area contributed by atoms with Gasteiger partial charge in [-0.25, -0.2) is 0 Å². The molecule has 2 fully saturated rings. The maximum Gasteiger partial charge on any atom is 0.236 e. The first-order valence-electron chi connectivity index (χ1n) is 7.50. The van der Waals surface area contributed by atoms with E-state index in [9.17, 15) is 4.79 Å². The molecule has 0 aromatic rings. The van der Waals surface area contributed by atoms with Gasteiger partial charge in [0, 0.05) is 26.2 Å². The molecule has 0 aromatic carbocycles. The Balaban J connectivity index is 1.76. The van der Waals surface area contributed by atoms with E-state index in [0.717, 1.165) is 38.5 Å². The minimum absolute atomic E-state index is 0.106. The number of nitrogens with two attached hydrogens (primary N) is 1. The van der Waals surface area contributed by atoms with Gasteiger partial charge < -0.3 is 15.5 Å². The van der Waals surface area contributed by atoms with Crippen molar-refractivity contribution >= 4 is 5.91 Å². The molecule has 0 spiro atoms. The predicted octanol–water partition coefficient (Wildman–Crippen LogP) is 1.06. The van der Waals surface area contributed by atoms with Crippen molar-refractivity contribution in [3.63, 3.8) is 0 Å². The van der Waals surface area contributed by atoms with Crippen molar-refractivity contribution in [1.82, 2.24) is 9.80 Å². The van der Waals surface area contributed by atoms with Crippen molar-refractivity contribution in [3.8, 4) is 0 Å². The predicted molar refractivity (Wildman–Crippen MR) is 73.3 cm³/mol. The van der Waals surface area contributed by atoms with Crippen LogP contribution in [0.1, 0.15) is 38.5 Å². The van der Waals surface area contributed by atoms with Crippen LogP contribution in [0.5, 0.6) is 0 Å². The van der Waals surface area contributed by atoms with Crippen molar-refractivity contribution in [1.29, 1.82) is 0 Å². The van der Waals surface area contributed by atoms with E-state index in [-0.39, 0.29) is 12.5 Å². The van der Waals surface area contributed by atoms with Crippen LogP contribution in [-0.4, -0.2) is 55.0 Å². The van der Waals surface area contributed by atoms with Crippen molar-refractivity contribution in [3.05, 3.63) is 0 Å². The highest BCUT2D eigenvalue weighted by molar-refractivity contribution is 5.78. The first kappa shape index (κ1) is 13.8. The van der Waals surface area contributed by atoms with Gasteiger partial charge in [0.15, 0.2) is 0 Å². The highest BCUT2D eigenvalue weighted by atomic mass is 16.2. The van der Waals surface area contributed by atoms with E-state index in [1.54, 1.807) is 0 Å². The van der Waals surface area contributed by atoms with Crippen LogP contribution in [-0.2, 0) is 4.79 Å². The van der Waals surface area contributed by atoms with Gasteiger partial charge in [0.05, 0.1) is 6.54 Å². The topological polar surface area (TPSA) is 49.6 Å². The molecule has 1 heterocycles. The molecule has 0 bridgehead atoms. The first-order valence-corrected chi connectivity index (χ1v) is 7.50. The fraction of sp³-hybridized carbons (Fsp3) is 0.929. The van der Waals surface area contributed by atoms with E-state index in [1.165, 1.54) is 38.6 Å². The molecule has 1 aliphatic heterocycles. The van der Waals surface area contributed by atoms with Crippen LogP contribution >= 0.6 is 0 Å². The van der Waals surface area contributed by atoms with Crippen LogP contribution in [0.2, 0.25) is 0 Å². The summed E-state index contributed by atoms with van der Waals surface area (Å²) in [6, 6.07) is 0. The summed E-state index contributed by atoms with van der Waals surface area (Å²) in [7, 11) is 0. The molecule has 4 heteroatoms. The molecule has 1 amide bonds. The van der Waals surface area contributed by atoms with Crippen LogP contribution in [0.4, 0.5) is 0 Å². The Hall–Kier alpha value is -0.610. The maximum absolute atomic E-state index is 11.6. The van der Waals surface area contributed by atoms with E-state index in [4.69, 9.17) is 5.73 Å². The smallest absolute Gasteiger partial charge is 0.236 e. The highest BCUT2D eigenvalue weighted by Gasteiger charge is 2.21. The van der Waals surface area contributed by atoms with Gasteiger partial charge in [-0.1, -0.05) is 19.3 Å². The van der Waals surface area contributed by atoms with E-state index in [0.29, 0.717) is 0 Å². The van der Waals surface area contributed by atoms with Crippen LogP contribution < -0.4 is 5.73 Å². The Morgan fingerprint density at radius 1 is 1.00 bits per heavy atom. The van der Waals surface area contributed by atoms with Gasteiger partial charge in [-0.05, 0) is 31.7 Å². The Kier molecular flexibility index (Phi) is 5.45. The molecule has 2 N–H and O–H groups in total. The third kappa shape index (κ3) is 3.95. The summed E-state index contributed by atoms with van der Waals surface area (Å²) in [6.45, 7) is 5.32. The Morgan fingerprint density at radius 2 is 1.78 bits per heavy atom. The fourth-order valence-corrected chi connectivity index (χ4v) is 3.27. The average molecular weight is 253 g/mol. The highest BCUT2D eigenvalue weighted by Crippen LogP contribution is 2.24. The third-order valence-corrected chi connectivity index (χ3v) is 4.36. The number of carbonyl (C=O) groups excluding carboxylic acids is 1. The standard InChI is InChI=1S/C14H27N3O/c15-11-14(18)17-8-4-7-16(9-10-17)12-13-5-2-1-3-6-13/h13H,1-12,15H2. The molecule has 0 unspecified atom stereocenters. The molecule has 1 aliphatic carbocycles. The number of hydrogen-bond donors (Lipinski definition) is 1. The molecule has 1 saturated carbocycles. The Labute approximate surface area is 110 Å². The van der Waals surface area contributed by atoms with Crippen molar-refractivity contribution in [2.24, 2.45) is 11.7 Å². The molecule has 0 radical (unpaired) electrons. The molecular weight excluding hydrogens is 226 g/mol. The summed E-state index contributed by atoms with van der Waals surface area (Å²) in [5, 5.41) is 0. The average Bonchev–Trinajstić information content (AvgIpc) is 2.65. The number of rotatable bonds is 3. The zero-order chi connectivity index (χ0) is 12.8. The quantitative estimate of drug-likeness (QED) is 0.818. The van der Waals surface area contributed by atoms with Gasteiger partial charge in [0.25, 0.3) is 0 Å². The summed E-state index contributed by atoms with van der Waals surface area (Å²) >= 11 is 0. The fourth-order valence-electron chi connectivity index (χ4n) is 3.27. The lowest BCUT2D eigenvalue weighted by molar-refractivity contribution is -0.129. The van der Waals surface area contributed by atoms with E-state index in [1.807, 2.05) is 4.90 Å². The molecule has 2 aliphatic rings. The normalized spacial score (nSPS) is 23.9. The molecular formula is C14H27N3O. The minimum Gasteiger partial charge on any atom is -0.340 e. The van der Waals surface area contributed by atoms with Gasteiger partial charge in [0.2, 0.25) is 5.91 Å². The molecule has 18 heavy (non-hydrogen) atoms. The Bertz CT molecular complexity index is 264. The summed E-state index contributed by atoms with van der Waals surface area (Å²) < 4.78 is 0. The molecule has 4 nitrogen and oxygen atoms in total. The van der Waals surface area contributed by atoms with Crippen LogP contribution in [0.3, 0.4) is 0 Å². The SMILES string of the molecule is NCC(=O)N1CCCN(CC2CCCCC2)CC1. The van der Waals surface area contributed by atoms with Gasteiger partial charge in [-0.3, -0.25) is 4.79 Å². The van der Waals surface area contributed by atoms with Crippen molar-refractivity contribution in [2.45, 2.75) is 38.5 Å². The molecule has 0 atom stereocenters. The lowest BCUT2D eigenvalue weighted by Crippen LogP contribution is -2.39. The number of carbonyl (C=O) groups is 1. The van der Waals surface area contributed by atoms with Gasteiger partial charge in [-0.15, -0.1) is 0 Å². The van der Waals surface area contributed by atoms with Crippen molar-refractivity contribution < 1.29 is 4.79 Å². The lowest BCUT2D eigenvalue weighted by atomic mass is 9.89. The largest absolute Gasteiger partial charge is 0.340 e. The Morgan fingerprint density at radius 3 is 2.50 bits per heavy atom.